The number of rotatable bonds is 6. The van der Waals surface area contributed by atoms with Crippen molar-refractivity contribution in [3.05, 3.63) is 36.0 Å². The van der Waals surface area contributed by atoms with Crippen LogP contribution in [0.1, 0.15) is 51.4 Å². The highest BCUT2D eigenvalue weighted by Crippen LogP contribution is 2.28. The lowest BCUT2D eigenvalue weighted by Gasteiger charge is -2.28. The fourth-order valence-corrected chi connectivity index (χ4v) is 2.95. The zero-order valence-corrected chi connectivity index (χ0v) is 17.6. The summed E-state index contributed by atoms with van der Waals surface area (Å²) in [6, 6.07) is 7.91. The standard InChI is InChI=1S/C22H32N2O3/c1-21(2,3)27-20(26)22(4,5)14-19(25)24-15-16(12-13-23(6)7)17-10-8-9-11-18(17)24/h8-11,15H,12-14H2,1-7H3. The summed E-state index contributed by atoms with van der Waals surface area (Å²) in [5.74, 6) is -0.453. The molecule has 0 saturated carbocycles. The van der Waals surface area contributed by atoms with Crippen LogP contribution >= 0.6 is 0 Å². The summed E-state index contributed by atoms with van der Waals surface area (Å²) in [5.41, 5.74) is 0.565. The third-order valence-electron chi connectivity index (χ3n) is 4.44. The average molecular weight is 373 g/mol. The topological polar surface area (TPSA) is 51.5 Å². The van der Waals surface area contributed by atoms with Crippen molar-refractivity contribution < 1.29 is 14.3 Å². The molecule has 2 aromatic rings. The van der Waals surface area contributed by atoms with Gasteiger partial charge < -0.3 is 9.64 Å². The van der Waals surface area contributed by atoms with E-state index in [2.05, 4.69) is 4.90 Å². The molecular weight excluding hydrogens is 340 g/mol. The number of hydrogen-bond donors (Lipinski definition) is 0. The van der Waals surface area contributed by atoms with Gasteiger partial charge in [-0.3, -0.25) is 14.2 Å². The molecule has 0 unspecified atom stereocenters. The number of benzene rings is 1. The number of fused-ring (bicyclic) bond motifs is 1. The summed E-state index contributed by atoms with van der Waals surface area (Å²) in [6.45, 7) is 9.93. The van der Waals surface area contributed by atoms with Gasteiger partial charge in [0.25, 0.3) is 0 Å². The Morgan fingerprint density at radius 1 is 1.07 bits per heavy atom. The van der Waals surface area contributed by atoms with Crippen LogP contribution in [0.5, 0.6) is 0 Å². The second-order valence-electron chi connectivity index (χ2n) is 9.05. The molecule has 0 aliphatic carbocycles. The number of esters is 1. The van der Waals surface area contributed by atoms with Crippen molar-refractivity contribution >= 4 is 22.8 Å². The third kappa shape index (κ3) is 5.42. The summed E-state index contributed by atoms with van der Waals surface area (Å²) >= 11 is 0. The zero-order valence-electron chi connectivity index (χ0n) is 17.6. The first kappa shape index (κ1) is 21.2. The van der Waals surface area contributed by atoms with Crippen LogP contribution in [0, 0.1) is 5.41 Å². The van der Waals surface area contributed by atoms with Crippen LogP contribution in [-0.4, -0.2) is 47.6 Å². The largest absolute Gasteiger partial charge is 0.460 e. The molecule has 5 nitrogen and oxygen atoms in total. The molecule has 0 fully saturated rings. The molecule has 0 bridgehead atoms. The van der Waals surface area contributed by atoms with Crippen molar-refractivity contribution in [3.63, 3.8) is 0 Å². The molecule has 0 N–H and O–H groups in total. The molecule has 5 heteroatoms. The highest BCUT2D eigenvalue weighted by atomic mass is 16.6. The van der Waals surface area contributed by atoms with Crippen molar-refractivity contribution in [1.29, 1.82) is 0 Å². The number of likely N-dealkylation sites (N-methyl/N-ethyl adjacent to an activating group) is 1. The monoisotopic (exact) mass is 372 g/mol. The lowest BCUT2D eigenvalue weighted by Crippen LogP contribution is -2.36. The number of aromatic nitrogens is 1. The quantitative estimate of drug-likeness (QED) is 0.715. The first-order chi connectivity index (χ1) is 12.4. The molecule has 2 rings (SSSR count). The van der Waals surface area contributed by atoms with E-state index in [1.807, 2.05) is 65.3 Å². The molecule has 0 atom stereocenters. The van der Waals surface area contributed by atoms with E-state index in [-0.39, 0.29) is 18.3 Å². The maximum atomic E-state index is 13.0. The van der Waals surface area contributed by atoms with Gasteiger partial charge in [-0.25, -0.2) is 0 Å². The first-order valence-corrected chi connectivity index (χ1v) is 9.41. The fraction of sp³-hybridized carbons (Fsp3) is 0.545. The van der Waals surface area contributed by atoms with Gasteiger partial charge in [0.15, 0.2) is 0 Å². The van der Waals surface area contributed by atoms with Crippen molar-refractivity contribution in [2.24, 2.45) is 5.41 Å². The van der Waals surface area contributed by atoms with E-state index in [1.54, 1.807) is 18.4 Å². The van der Waals surface area contributed by atoms with Crippen molar-refractivity contribution in [1.82, 2.24) is 9.47 Å². The molecular formula is C22H32N2O3. The van der Waals surface area contributed by atoms with Crippen LogP contribution in [0.25, 0.3) is 10.9 Å². The average Bonchev–Trinajstić information content (AvgIpc) is 2.90. The zero-order chi connectivity index (χ0) is 20.4. The van der Waals surface area contributed by atoms with Gasteiger partial charge in [-0.2, -0.15) is 0 Å². The molecule has 0 aliphatic heterocycles. The van der Waals surface area contributed by atoms with E-state index < -0.39 is 11.0 Å². The number of carbonyl (C=O) groups is 2. The fourth-order valence-electron chi connectivity index (χ4n) is 2.95. The van der Waals surface area contributed by atoms with Crippen LogP contribution in [0.3, 0.4) is 0 Å². The minimum Gasteiger partial charge on any atom is -0.460 e. The van der Waals surface area contributed by atoms with Gasteiger partial charge >= 0.3 is 5.97 Å². The Bertz CT molecular complexity index is 826. The first-order valence-electron chi connectivity index (χ1n) is 9.41. The predicted octanol–water partition coefficient (Wildman–Crippen LogP) is 4.14. The Labute approximate surface area is 162 Å². The highest BCUT2D eigenvalue weighted by molar-refractivity contribution is 5.96. The lowest BCUT2D eigenvalue weighted by atomic mass is 9.88. The van der Waals surface area contributed by atoms with Gasteiger partial charge in [0.05, 0.1) is 10.9 Å². The van der Waals surface area contributed by atoms with Crippen molar-refractivity contribution in [3.8, 4) is 0 Å². The summed E-state index contributed by atoms with van der Waals surface area (Å²) < 4.78 is 7.18. The van der Waals surface area contributed by atoms with Crippen molar-refractivity contribution in [2.75, 3.05) is 20.6 Å². The van der Waals surface area contributed by atoms with Crippen LogP contribution < -0.4 is 0 Å². The number of nitrogens with zero attached hydrogens (tertiary/aromatic N) is 2. The molecule has 0 aliphatic rings. The molecule has 1 aromatic carbocycles. The van der Waals surface area contributed by atoms with Crippen LogP contribution in [-0.2, 0) is 16.0 Å². The van der Waals surface area contributed by atoms with E-state index >= 15 is 0 Å². The molecule has 0 radical (unpaired) electrons. The highest BCUT2D eigenvalue weighted by Gasteiger charge is 2.35. The van der Waals surface area contributed by atoms with E-state index in [0.29, 0.717) is 0 Å². The van der Waals surface area contributed by atoms with E-state index in [4.69, 9.17) is 4.74 Å². The Balaban J connectivity index is 2.28. The van der Waals surface area contributed by atoms with Crippen LogP contribution in [0.2, 0.25) is 0 Å². The SMILES string of the molecule is CN(C)CCc1cn(C(=O)CC(C)(C)C(=O)OC(C)(C)C)c2ccccc12. The van der Waals surface area contributed by atoms with Gasteiger partial charge in [-0.05, 0) is 66.8 Å². The Morgan fingerprint density at radius 3 is 2.30 bits per heavy atom. The van der Waals surface area contributed by atoms with Crippen LogP contribution in [0.4, 0.5) is 0 Å². The second-order valence-corrected chi connectivity index (χ2v) is 9.05. The summed E-state index contributed by atoms with van der Waals surface area (Å²) in [6.07, 6.45) is 2.87. The van der Waals surface area contributed by atoms with E-state index in [0.717, 1.165) is 29.4 Å². The molecule has 1 heterocycles. The minimum absolute atomic E-state index is 0.0910. The Hall–Kier alpha value is -2.14. The maximum absolute atomic E-state index is 13.0. The number of hydrogen-bond acceptors (Lipinski definition) is 4. The van der Waals surface area contributed by atoms with E-state index in [9.17, 15) is 9.59 Å². The van der Waals surface area contributed by atoms with E-state index in [1.165, 1.54) is 0 Å². The van der Waals surface area contributed by atoms with Gasteiger partial charge in [0.1, 0.15) is 5.60 Å². The molecule has 27 heavy (non-hydrogen) atoms. The Kier molecular flexibility index (Phi) is 6.15. The van der Waals surface area contributed by atoms with Crippen LogP contribution in [0.15, 0.2) is 30.5 Å². The number of ether oxygens (including phenoxy) is 1. The smallest absolute Gasteiger partial charge is 0.312 e. The summed E-state index contributed by atoms with van der Waals surface area (Å²) in [5, 5.41) is 1.09. The third-order valence-corrected chi connectivity index (χ3v) is 4.44. The van der Waals surface area contributed by atoms with Gasteiger partial charge in [0, 0.05) is 24.5 Å². The van der Waals surface area contributed by atoms with Gasteiger partial charge in [-0.15, -0.1) is 0 Å². The predicted molar refractivity (Wildman–Crippen MR) is 109 cm³/mol. The number of para-hydroxylation sites is 1. The summed E-state index contributed by atoms with van der Waals surface area (Å²) in [4.78, 5) is 27.7. The maximum Gasteiger partial charge on any atom is 0.312 e. The summed E-state index contributed by atoms with van der Waals surface area (Å²) in [7, 11) is 4.07. The van der Waals surface area contributed by atoms with Crippen molar-refractivity contribution in [2.45, 2.75) is 53.1 Å². The minimum atomic E-state index is -0.889. The molecule has 0 saturated heterocycles. The molecule has 1 aromatic heterocycles. The van der Waals surface area contributed by atoms with Gasteiger partial charge in [-0.1, -0.05) is 18.2 Å². The Morgan fingerprint density at radius 2 is 1.70 bits per heavy atom. The second kappa shape index (κ2) is 7.85. The molecule has 148 valence electrons. The van der Waals surface area contributed by atoms with Gasteiger partial charge in [0.2, 0.25) is 5.91 Å². The lowest BCUT2D eigenvalue weighted by molar-refractivity contribution is -0.165. The normalized spacial score (nSPS) is 12.6. The number of carbonyl (C=O) groups excluding carboxylic acids is 2. The molecule has 0 amide bonds. The molecule has 0 spiro atoms.